The Morgan fingerprint density at radius 2 is 1.78 bits per heavy atom. The Morgan fingerprint density at radius 3 is 2.39 bits per heavy atom. The highest BCUT2D eigenvalue weighted by atomic mass is 16.7. The van der Waals surface area contributed by atoms with Crippen molar-refractivity contribution in [1.29, 1.82) is 0 Å². The number of carbonyl (C=O) groups is 1. The second kappa shape index (κ2) is 7.25. The van der Waals surface area contributed by atoms with E-state index < -0.39 is 0 Å². The van der Waals surface area contributed by atoms with Crippen LogP contribution >= 0.6 is 0 Å². The lowest BCUT2D eigenvalue weighted by molar-refractivity contribution is -0.228. The second-order valence-corrected chi connectivity index (χ2v) is 5.77. The first-order chi connectivity index (χ1) is 8.79. The van der Waals surface area contributed by atoms with Crippen molar-refractivity contribution in [2.45, 2.75) is 64.6 Å². The van der Waals surface area contributed by atoms with E-state index in [0.29, 0.717) is 30.5 Å². The van der Waals surface area contributed by atoms with Gasteiger partial charge in [0.25, 0.3) is 0 Å². The van der Waals surface area contributed by atoms with Crippen molar-refractivity contribution in [1.82, 2.24) is 0 Å². The summed E-state index contributed by atoms with van der Waals surface area (Å²) in [6.45, 7) is 3.92. The van der Waals surface area contributed by atoms with Crippen molar-refractivity contribution in [2.75, 3.05) is 13.2 Å². The molecule has 0 bridgehead atoms. The molecule has 1 saturated heterocycles. The van der Waals surface area contributed by atoms with Gasteiger partial charge in [-0.1, -0.05) is 26.2 Å². The van der Waals surface area contributed by atoms with Crippen LogP contribution in [0.25, 0.3) is 0 Å². The maximum Gasteiger partial charge on any atom is 0.160 e. The number of ketones is 1. The summed E-state index contributed by atoms with van der Waals surface area (Å²) in [5.74, 6) is 1.43. The van der Waals surface area contributed by atoms with E-state index in [1.165, 1.54) is 25.7 Å². The summed E-state index contributed by atoms with van der Waals surface area (Å²) in [7, 11) is 0. The summed E-state index contributed by atoms with van der Waals surface area (Å²) in [5.41, 5.74) is 0. The van der Waals surface area contributed by atoms with Gasteiger partial charge in [-0.15, -0.1) is 0 Å². The van der Waals surface area contributed by atoms with Crippen molar-refractivity contribution in [2.24, 2.45) is 11.8 Å². The van der Waals surface area contributed by atoms with E-state index in [2.05, 4.69) is 6.92 Å². The van der Waals surface area contributed by atoms with E-state index in [0.717, 1.165) is 26.1 Å². The third-order valence-corrected chi connectivity index (χ3v) is 4.18. The standard InChI is InChI=1S/C15H26O3/c1-2-3-4-5-12-10-17-15(18-11-12)13-6-8-14(16)9-7-13/h12-13,15H,2-11H2,1H3. The maximum absolute atomic E-state index is 11.2. The average molecular weight is 254 g/mol. The van der Waals surface area contributed by atoms with E-state index in [9.17, 15) is 4.79 Å². The van der Waals surface area contributed by atoms with Gasteiger partial charge in [-0.2, -0.15) is 0 Å². The third kappa shape index (κ3) is 4.06. The monoisotopic (exact) mass is 254 g/mol. The Labute approximate surface area is 110 Å². The normalized spacial score (nSPS) is 30.6. The fraction of sp³-hybridized carbons (Fsp3) is 0.933. The molecule has 0 N–H and O–H groups in total. The summed E-state index contributed by atoms with van der Waals surface area (Å²) in [6.07, 6.45) is 8.38. The number of carbonyl (C=O) groups excluding carboxylic acids is 1. The van der Waals surface area contributed by atoms with Gasteiger partial charge >= 0.3 is 0 Å². The number of Topliss-reactive ketones (excluding diaryl/α,β-unsaturated/α-hetero) is 1. The van der Waals surface area contributed by atoms with Crippen LogP contribution in [0.15, 0.2) is 0 Å². The van der Waals surface area contributed by atoms with Crippen LogP contribution in [0.4, 0.5) is 0 Å². The minimum Gasteiger partial charge on any atom is -0.352 e. The molecule has 0 spiro atoms. The molecule has 0 amide bonds. The molecular weight excluding hydrogens is 228 g/mol. The van der Waals surface area contributed by atoms with Gasteiger partial charge in [0.15, 0.2) is 6.29 Å². The van der Waals surface area contributed by atoms with Gasteiger partial charge < -0.3 is 9.47 Å². The van der Waals surface area contributed by atoms with E-state index >= 15 is 0 Å². The second-order valence-electron chi connectivity index (χ2n) is 5.77. The van der Waals surface area contributed by atoms with E-state index in [-0.39, 0.29) is 6.29 Å². The molecule has 1 saturated carbocycles. The molecule has 2 aliphatic rings. The molecule has 0 aromatic heterocycles. The average Bonchev–Trinajstić information content (AvgIpc) is 2.41. The Balaban J connectivity index is 1.65. The zero-order valence-corrected chi connectivity index (χ0v) is 11.5. The van der Waals surface area contributed by atoms with Crippen LogP contribution < -0.4 is 0 Å². The van der Waals surface area contributed by atoms with Crippen LogP contribution in [-0.4, -0.2) is 25.3 Å². The molecule has 0 aromatic carbocycles. The minimum absolute atomic E-state index is 0.0412. The van der Waals surface area contributed by atoms with Gasteiger partial charge in [-0.3, -0.25) is 4.79 Å². The lowest BCUT2D eigenvalue weighted by atomic mass is 9.87. The molecule has 3 heteroatoms. The Bertz CT molecular complexity index is 246. The number of rotatable bonds is 5. The van der Waals surface area contributed by atoms with Gasteiger partial charge in [-0.25, -0.2) is 0 Å². The summed E-state index contributed by atoms with van der Waals surface area (Å²) < 4.78 is 11.7. The molecule has 1 aliphatic carbocycles. The summed E-state index contributed by atoms with van der Waals surface area (Å²) in [4.78, 5) is 11.2. The van der Waals surface area contributed by atoms with Crippen LogP contribution in [-0.2, 0) is 14.3 Å². The topological polar surface area (TPSA) is 35.5 Å². The fourth-order valence-electron chi connectivity index (χ4n) is 2.91. The molecule has 0 atom stereocenters. The van der Waals surface area contributed by atoms with E-state index in [1.54, 1.807) is 0 Å². The smallest absolute Gasteiger partial charge is 0.160 e. The van der Waals surface area contributed by atoms with E-state index in [4.69, 9.17) is 9.47 Å². The van der Waals surface area contributed by atoms with Crippen molar-refractivity contribution in [3.8, 4) is 0 Å². The predicted octanol–water partition coefficient (Wildman–Crippen LogP) is 3.32. The SMILES string of the molecule is CCCCCC1COC(C2CCC(=O)CC2)OC1. The molecule has 1 aliphatic heterocycles. The third-order valence-electron chi connectivity index (χ3n) is 4.18. The molecular formula is C15H26O3. The molecule has 2 rings (SSSR count). The van der Waals surface area contributed by atoms with E-state index in [1.807, 2.05) is 0 Å². The first-order valence-electron chi connectivity index (χ1n) is 7.54. The molecule has 0 radical (unpaired) electrons. The number of hydrogen-bond donors (Lipinski definition) is 0. The molecule has 18 heavy (non-hydrogen) atoms. The van der Waals surface area contributed by atoms with Gasteiger partial charge in [-0.05, 0) is 19.3 Å². The van der Waals surface area contributed by atoms with Gasteiger partial charge in [0.1, 0.15) is 5.78 Å². The van der Waals surface area contributed by atoms with Crippen molar-refractivity contribution < 1.29 is 14.3 Å². The zero-order valence-electron chi connectivity index (χ0n) is 11.5. The quantitative estimate of drug-likeness (QED) is 0.706. The maximum atomic E-state index is 11.2. The molecule has 104 valence electrons. The summed E-state index contributed by atoms with van der Waals surface area (Å²) in [6, 6.07) is 0. The fourth-order valence-corrected chi connectivity index (χ4v) is 2.91. The van der Waals surface area contributed by atoms with Crippen LogP contribution in [0.3, 0.4) is 0 Å². The Morgan fingerprint density at radius 1 is 1.11 bits per heavy atom. The molecule has 0 aromatic rings. The number of ether oxygens (including phenoxy) is 2. The molecule has 3 nitrogen and oxygen atoms in total. The Hall–Kier alpha value is -0.410. The van der Waals surface area contributed by atoms with Crippen molar-refractivity contribution in [3.05, 3.63) is 0 Å². The van der Waals surface area contributed by atoms with Crippen LogP contribution in [0.2, 0.25) is 0 Å². The van der Waals surface area contributed by atoms with Crippen LogP contribution in [0.5, 0.6) is 0 Å². The lowest BCUT2D eigenvalue weighted by Gasteiger charge is -2.35. The van der Waals surface area contributed by atoms with Crippen molar-refractivity contribution in [3.63, 3.8) is 0 Å². The van der Waals surface area contributed by atoms with Gasteiger partial charge in [0.2, 0.25) is 0 Å². The van der Waals surface area contributed by atoms with Gasteiger partial charge in [0.05, 0.1) is 13.2 Å². The molecule has 2 fully saturated rings. The van der Waals surface area contributed by atoms with Crippen LogP contribution in [0.1, 0.15) is 58.3 Å². The minimum atomic E-state index is -0.0412. The van der Waals surface area contributed by atoms with Crippen molar-refractivity contribution >= 4 is 5.78 Å². The highest BCUT2D eigenvalue weighted by molar-refractivity contribution is 5.79. The Kier molecular flexibility index (Phi) is 5.64. The molecule has 1 heterocycles. The zero-order chi connectivity index (χ0) is 12.8. The summed E-state index contributed by atoms with van der Waals surface area (Å²) in [5, 5.41) is 0. The first kappa shape index (κ1) is 14.0. The number of hydrogen-bond acceptors (Lipinski definition) is 3. The lowest BCUT2D eigenvalue weighted by Crippen LogP contribution is -2.38. The predicted molar refractivity (Wildman–Crippen MR) is 70.3 cm³/mol. The highest BCUT2D eigenvalue weighted by Crippen LogP contribution is 2.30. The largest absolute Gasteiger partial charge is 0.352 e. The first-order valence-corrected chi connectivity index (χ1v) is 7.54. The molecule has 0 unspecified atom stereocenters. The highest BCUT2D eigenvalue weighted by Gasteiger charge is 2.31. The summed E-state index contributed by atoms with van der Waals surface area (Å²) >= 11 is 0. The van der Waals surface area contributed by atoms with Gasteiger partial charge in [0, 0.05) is 24.7 Å². The van der Waals surface area contributed by atoms with Crippen LogP contribution in [0, 0.1) is 11.8 Å². The number of unbranched alkanes of at least 4 members (excludes halogenated alkanes) is 2.